The average molecular weight is 349 g/mol. The van der Waals surface area contributed by atoms with E-state index in [1.54, 1.807) is 24.3 Å². The van der Waals surface area contributed by atoms with E-state index in [0.717, 1.165) is 11.9 Å². The first-order valence-corrected chi connectivity index (χ1v) is 9.52. The summed E-state index contributed by atoms with van der Waals surface area (Å²) in [5.41, 5.74) is 8.11. The van der Waals surface area contributed by atoms with Gasteiger partial charge in [0.05, 0.1) is 6.26 Å². The van der Waals surface area contributed by atoms with E-state index in [9.17, 15) is 8.42 Å². The van der Waals surface area contributed by atoms with Gasteiger partial charge in [0.1, 0.15) is 12.4 Å². The number of nitrogens with one attached hydrogen (secondary N) is 2. The Hall–Kier alpha value is -2.25. The maximum Gasteiger partial charge on any atom is 0.229 e. The van der Waals surface area contributed by atoms with Gasteiger partial charge in [-0.2, -0.15) is 0 Å². The Labute approximate surface area is 143 Å². The molecule has 0 heterocycles. The smallest absolute Gasteiger partial charge is 0.229 e. The average Bonchev–Trinajstić information content (AvgIpc) is 2.52. The SMILES string of the molecule is CC(NCCOc1ccc(NS(C)(=O)=O)cc1)c1ccc(N)cc1. The van der Waals surface area contributed by atoms with Crippen LogP contribution in [0.4, 0.5) is 11.4 Å². The minimum Gasteiger partial charge on any atom is -0.492 e. The van der Waals surface area contributed by atoms with Crippen molar-refractivity contribution in [1.82, 2.24) is 5.32 Å². The van der Waals surface area contributed by atoms with Crippen LogP contribution in [0.5, 0.6) is 5.75 Å². The van der Waals surface area contributed by atoms with E-state index >= 15 is 0 Å². The van der Waals surface area contributed by atoms with Crippen molar-refractivity contribution in [2.75, 3.05) is 29.9 Å². The number of rotatable bonds is 8. The van der Waals surface area contributed by atoms with E-state index in [-0.39, 0.29) is 6.04 Å². The molecule has 0 aliphatic carbocycles. The van der Waals surface area contributed by atoms with Crippen molar-refractivity contribution >= 4 is 21.4 Å². The molecule has 0 saturated carbocycles. The van der Waals surface area contributed by atoms with Crippen molar-refractivity contribution in [3.05, 3.63) is 54.1 Å². The number of hydrogen-bond acceptors (Lipinski definition) is 5. The zero-order valence-electron chi connectivity index (χ0n) is 13.8. The summed E-state index contributed by atoms with van der Waals surface area (Å²) in [6.45, 7) is 3.28. The number of nitrogen functional groups attached to an aromatic ring is 1. The summed E-state index contributed by atoms with van der Waals surface area (Å²) >= 11 is 0. The van der Waals surface area contributed by atoms with Crippen LogP contribution in [0.25, 0.3) is 0 Å². The fraction of sp³-hybridized carbons (Fsp3) is 0.294. The van der Waals surface area contributed by atoms with Gasteiger partial charge in [-0.15, -0.1) is 0 Å². The van der Waals surface area contributed by atoms with Crippen molar-refractivity contribution in [3.8, 4) is 5.75 Å². The van der Waals surface area contributed by atoms with E-state index in [0.29, 0.717) is 24.6 Å². The Balaban J connectivity index is 1.75. The molecule has 0 aliphatic heterocycles. The van der Waals surface area contributed by atoms with Crippen LogP contribution in [0.1, 0.15) is 18.5 Å². The number of ether oxygens (including phenoxy) is 1. The summed E-state index contributed by atoms with van der Waals surface area (Å²) in [6.07, 6.45) is 1.12. The molecule has 0 aliphatic rings. The number of hydrogen-bond donors (Lipinski definition) is 3. The van der Waals surface area contributed by atoms with Gasteiger partial charge in [0.2, 0.25) is 10.0 Å². The van der Waals surface area contributed by atoms with E-state index < -0.39 is 10.0 Å². The molecule has 0 bridgehead atoms. The number of sulfonamides is 1. The molecule has 130 valence electrons. The molecule has 0 aromatic heterocycles. The Morgan fingerprint density at radius 3 is 2.29 bits per heavy atom. The highest BCUT2D eigenvalue weighted by Crippen LogP contribution is 2.17. The van der Waals surface area contributed by atoms with Gasteiger partial charge in [0.15, 0.2) is 0 Å². The fourth-order valence-electron chi connectivity index (χ4n) is 2.18. The maximum absolute atomic E-state index is 11.1. The first kappa shape index (κ1) is 18.1. The molecule has 2 rings (SSSR count). The summed E-state index contributed by atoms with van der Waals surface area (Å²) in [4.78, 5) is 0. The number of anilines is 2. The molecular formula is C17H23N3O3S. The molecule has 1 atom stereocenters. The van der Waals surface area contributed by atoms with Gasteiger partial charge in [0.25, 0.3) is 0 Å². The van der Waals surface area contributed by atoms with Gasteiger partial charge in [0, 0.05) is 24.0 Å². The molecule has 0 fully saturated rings. The number of benzene rings is 2. The quantitative estimate of drug-likeness (QED) is 0.502. The molecular weight excluding hydrogens is 326 g/mol. The molecule has 2 aromatic carbocycles. The van der Waals surface area contributed by atoms with Crippen LogP contribution in [0.3, 0.4) is 0 Å². The van der Waals surface area contributed by atoms with Gasteiger partial charge in [-0.3, -0.25) is 4.72 Å². The van der Waals surface area contributed by atoms with E-state index in [2.05, 4.69) is 17.0 Å². The van der Waals surface area contributed by atoms with Crippen LogP contribution in [-0.4, -0.2) is 27.8 Å². The molecule has 0 amide bonds. The summed E-state index contributed by atoms with van der Waals surface area (Å²) in [5.74, 6) is 0.691. The highest BCUT2D eigenvalue weighted by molar-refractivity contribution is 7.92. The first-order valence-electron chi connectivity index (χ1n) is 7.63. The van der Waals surface area contributed by atoms with Crippen LogP contribution in [0.15, 0.2) is 48.5 Å². The summed E-state index contributed by atoms with van der Waals surface area (Å²) in [5, 5.41) is 3.37. The molecule has 4 N–H and O–H groups in total. The molecule has 6 nitrogen and oxygen atoms in total. The standard InChI is InChI=1S/C17H23N3O3S/c1-13(14-3-5-15(18)6-4-14)19-11-12-23-17-9-7-16(8-10-17)20-24(2,21)22/h3-10,13,19-20H,11-12,18H2,1-2H3. The number of nitrogens with two attached hydrogens (primary N) is 1. The van der Waals surface area contributed by atoms with Crippen LogP contribution >= 0.6 is 0 Å². The normalized spacial score (nSPS) is 12.6. The molecule has 1 unspecified atom stereocenters. The van der Waals surface area contributed by atoms with Crippen LogP contribution in [-0.2, 0) is 10.0 Å². The zero-order valence-corrected chi connectivity index (χ0v) is 14.6. The van der Waals surface area contributed by atoms with Crippen molar-refractivity contribution in [2.24, 2.45) is 0 Å². The highest BCUT2D eigenvalue weighted by atomic mass is 32.2. The summed E-state index contributed by atoms with van der Waals surface area (Å²) < 4.78 is 30.3. The predicted molar refractivity (Wildman–Crippen MR) is 97.7 cm³/mol. The van der Waals surface area contributed by atoms with Gasteiger partial charge in [-0.25, -0.2) is 8.42 Å². The van der Waals surface area contributed by atoms with Crippen LogP contribution in [0, 0.1) is 0 Å². The summed E-state index contributed by atoms with van der Waals surface area (Å²) in [7, 11) is -3.26. The lowest BCUT2D eigenvalue weighted by atomic mass is 10.1. The van der Waals surface area contributed by atoms with Crippen molar-refractivity contribution in [3.63, 3.8) is 0 Å². The lowest BCUT2D eigenvalue weighted by molar-refractivity contribution is 0.307. The van der Waals surface area contributed by atoms with Crippen LogP contribution < -0.4 is 20.5 Å². The molecule has 0 saturated heterocycles. The molecule has 2 aromatic rings. The minimum atomic E-state index is -3.26. The second-order valence-corrected chi connectivity index (χ2v) is 7.34. The third-order valence-electron chi connectivity index (χ3n) is 3.42. The minimum absolute atomic E-state index is 0.204. The molecule has 7 heteroatoms. The van der Waals surface area contributed by atoms with Gasteiger partial charge >= 0.3 is 0 Å². The van der Waals surface area contributed by atoms with Crippen molar-refractivity contribution < 1.29 is 13.2 Å². The maximum atomic E-state index is 11.1. The second kappa shape index (κ2) is 8.03. The Morgan fingerprint density at radius 1 is 1.08 bits per heavy atom. The topological polar surface area (TPSA) is 93.5 Å². The van der Waals surface area contributed by atoms with E-state index in [1.165, 1.54) is 5.56 Å². The monoisotopic (exact) mass is 349 g/mol. The van der Waals surface area contributed by atoms with E-state index in [1.807, 2.05) is 24.3 Å². The Kier molecular flexibility index (Phi) is 6.05. The highest BCUT2D eigenvalue weighted by Gasteiger charge is 2.05. The lowest BCUT2D eigenvalue weighted by Crippen LogP contribution is -2.24. The van der Waals surface area contributed by atoms with E-state index in [4.69, 9.17) is 10.5 Å². The third kappa shape index (κ3) is 6.10. The van der Waals surface area contributed by atoms with Crippen molar-refractivity contribution in [2.45, 2.75) is 13.0 Å². The van der Waals surface area contributed by atoms with Gasteiger partial charge < -0.3 is 15.8 Å². The third-order valence-corrected chi connectivity index (χ3v) is 4.02. The largest absolute Gasteiger partial charge is 0.492 e. The first-order chi connectivity index (χ1) is 11.3. The molecule has 24 heavy (non-hydrogen) atoms. The lowest BCUT2D eigenvalue weighted by Gasteiger charge is -2.15. The van der Waals surface area contributed by atoms with Gasteiger partial charge in [-0.1, -0.05) is 12.1 Å². The van der Waals surface area contributed by atoms with Crippen LogP contribution in [0.2, 0.25) is 0 Å². The Morgan fingerprint density at radius 2 is 1.71 bits per heavy atom. The molecule has 0 radical (unpaired) electrons. The van der Waals surface area contributed by atoms with Crippen molar-refractivity contribution in [1.29, 1.82) is 0 Å². The Bertz CT molecular complexity index is 744. The second-order valence-electron chi connectivity index (χ2n) is 5.59. The predicted octanol–water partition coefficient (Wildman–Crippen LogP) is 2.37. The summed E-state index contributed by atoms with van der Waals surface area (Å²) in [6, 6.07) is 14.8. The molecule has 0 spiro atoms. The zero-order chi connectivity index (χ0) is 17.6. The fourth-order valence-corrected chi connectivity index (χ4v) is 2.74. The van der Waals surface area contributed by atoms with Gasteiger partial charge in [-0.05, 0) is 48.9 Å².